The van der Waals surface area contributed by atoms with Gasteiger partial charge in [-0.3, -0.25) is 9.69 Å². The molecule has 3 heterocycles. The molecule has 2 aliphatic heterocycles. The van der Waals surface area contributed by atoms with Gasteiger partial charge in [-0.1, -0.05) is 30.3 Å². The minimum atomic E-state index is -3.89. The van der Waals surface area contributed by atoms with E-state index in [1.165, 1.54) is 22.5 Å². The number of aryl methyl sites for hydroxylation is 1. The molecule has 4 rings (SSSR count). The van der Waals surface area contributed by atoms with Crippen molar-refractivity contribution in [1.82, 2.24) is 19.7 Å². The fourth-order valence-electron chi connectivity index (χ4n) is 4.97. The Kier molecular flexibility index (Phi) is 8.03. The molecule has 1 aromatic heterocycles. The van der Waals surface area contributed by atoms with E-state index in [-0.39, 0.29) is 41.3 Å². The van der Waals surface area contributed by atoms with Gasteiger partial charge in [0.1, 0.15) is 11.5 Å². The van der Waals surface area contributed by atoms with Crippen LogP contribution in [0.15, 0.2) is 33.7 Å². The van der Waals surface area contributed by atoms with Gasteiger partial charge in [-0.2, -0.15) is 4.31 Å². The minimum absolute atomic E-state index is 0.000306. The van der Waals surface area contributed by atoms with Gasteiger partial charge < -0.3 is 9.84 Å². The first-order valence-electron chi connectivity index (χ1n) is 12.2. The average molecular weight is 505 g/mol. The fraction of sp³-hybridized carbons (Fsp3) is 0.520. The maximum atomic E-state index is 13.9. The van der Waals surface area contributed by atoms with E-state index in [1.807, 2.05) is 0 Å². The quantitative estimate of drug-likeness (QED) is 0.593. The summed E-state index contributed by atoms with van der Waals surface area (Å²) in [6, 6.07) is 6.58. The van der Waals surface area contributed by atoms with Crippen molar-refractivity contribution in [1.29, 1.82) is 0 Å². The van der Waals surface area contributed by atoms with Crippen molar-refractivity contribution in [2.75, 3.05) is 32.7 Å². The second-order valence-corrected chi connectivity index (χ2v) is 11.0. The molecular weight excluding hydrogens is 471 g/mol. The number of rotatable bonds is 8. The van der Waals surface area contributed by atoms with Crippen LogP contribution in [0.1, 0.15) is 49.6 Å². The van der Waals surface area contributed by atoms with E-state index < -0.39 is 15.8 Å². The van der Waals surface area contributed by atoms with Crippen LogP contribution in [0.25, 0.3) is 12.2 Å². The Bertz CT molecular complexity index is 1170. The molecule has 1 amide bonds. The van der Waals surface area contributed by atoms with E-state index in [0.717, 1.165) is 25.9 Å². The molecule has 1 aromatic carbocycles. The van der Waals surface area contributed by atoms with E-state index in [1.54, 1.807) is 25.1 Å². The van der Waals surface area contributed by atoms with Crippen molar-refractivity contribution in [2.24, 2.45) is 5.92 Å². The number of hydrogen-bond donors (Lipinski definition) is 1. The van der Waals surface area contributed by atoms with Gasteiger partial charge in [0, 0.05) is 37.2 Å². The Morgan fingerprint density at radius 3 is 2.66 bits per heavy atom. The SMILES string of the molecule is CCN1CCCC1CNC(=O)C1CCN(S(=O)(=O)c2c(C)noc2/C=C/c2ccccc2F)CC1. The van der Waals surface area contributed by atoms with Crippen LogP contribution in [-0.4, -0.2) is 67.5 Å². The van der Waals surface area contributed by atoms with Gasteiger partial charge in [0.05, 0.1) is 0 Å². The second-order valence-electron chi connectivity index (χ2n) is 9.16. The van der Waals surface area contributed by atoms with Gasteiger partial charge in [-0.25, -0.2) is 12.8 Å². The van der Waals surface area contributed by atoms with Crippen LogP contribution in [0.4, 0.5) is 4.39 Å². The summed E-state index contributed by atoms with van der Waals surface area (Å²) in [7, 11) is -3.89. The number of aromatic nitrogens is 1. The maximum Gasteiger partial charge on any atom is 0.248 e. The van der Waals surface area contributed by atoms with E-state index in [0.29, 0.717) is 31.0 Å². The third kappa shape index (κ3) is 5.65. The smallest absolute Gasteiger partial charge is 0.248 e. The number of likely N-dealkylation sites (N-methyl/N-ethyl adjacent to an activating group) is 1. The first-order valence-corrected chi connectivity index (χ1v) is 13.7. The molecule has 0 spiro atoms. The predicted molar refractivity (Wildman–Crippen MR) is 131 cm³/mol. The van der Waals surface area contributed by atoms with Crippen molar-refractivity contribution < 1.29 is 22.1 Å². The molecule has 2 saturated heterocycles. The number of sulfonamides is 1. The van der Waals surface area contributed by atoms with E-state index in [4.69, 9.17) is 4.52 Å². The Morgan fingerprint density at radius 1 is 1.20 bits per heavy atom. The summed E-state index contributed by atoms with van der Waals surface area (Å²) in [6.45, 7) is 6.89. The molecule has 1 unspecified atom stereocenters. The van der Waals surface area contributed by atoms with E-state index in [9.17, 15) is 17.6 Å². The number of benzene rings is 1. The zero-order valence-electron chi connectivity index (χ0n) is 20.2. The largest absolute Gasteiger partial charge is 0.355 e. The van der Waals surface area contributed by atoms with Crippen molar-refractivity contribution in [2.45, 2.75) is 50.5 Å². The standard InChI is InChI=1S/C25H33FN4O4S/c1-3-29-14-6-8-21(29)17-27-25(31)20-12-15-30(16-13-20)35(32,33)24-18(2)28-34-23(24)11-10-19-7-4-5-9-22(19)26/h4-5,7,9-11,20-21H,3,6,8,12-17H2,1-2H3,(H,27,31)/b11-10+. The summed E-state index contributed by atoms with van der Waals surface area (Å²) in [4.78, 5) is 15.1. The molecule has 190 valence electrons. The molecule has 0 bridgehead atoms. The number of amides is 1. The number of carbonyl (C=O) groups excluding carboxylic acids is 1. The van der Waals surface area contributed by atoms with Gasteiger partial charge >= 0.3 is 0 Å². The highest BCUT2D eigenvalue weighted by Crippen LogP contribution is 2.29. The molecule has 0 radical (unpaired) electrons. The highest BCUT2D eigenvalue weighted by Gasteiger charge is 2.36. The number of likely N-dealkylation sites (tertiary alicyclic amines) is 1. The Morgan fingerprint density at radius 2 is 1.94 bits per heavy atom. The van der Waals surface area contributed by atoms with Crippen LogP contribution in [0.3, 0.4) is 0 Å². The highest BCUT2D eigenvalue weighted by atomic mass is 32.2. The van der Waals surface area contributed by atoms with Crippen molar-refractivity contribution >= 4 is 28.1 Å². The van der Waals surface area contributed by atoms with Crippen LogP contribution < -0.4 is 5.32 Å². The van der Waals surface area contributed by atoms with Crippen LogP contribution in [0.2, 0.25) is 0 Å². The number of carbonyl (C=O) groups is 1. The van der Waals surface area contributed by atoms with Crippen molar-refractivity contribution in [3.05, 3.63) is 47.1 Å². The van der Waals surface area contributed by atoms with Crippen molar-refractivity contribution in [3.8, 4) is 0 Å². The van der Waals surface area contributed by atoms with Crippen LogP contribution in [0, 0.1) is 18.7 Å². The summed E-state index contributed by atoms with van der Waals surface area (Å²) < 4.78 is 47.4. The first-order chi connectivity index (χ1) is 16.8. The summed E-state index contributed by atoms with van der Waals surface area (Å²) in [5.41, 5.74) is 0.562. The summed E-state index contributed by atoms with van der Waals surface area (Å²) >= 11 is 0. The van der Waals surface area contributed by atoms with Crippen molar-refractivity contribution in [3.63, 3.8) is 0 Å². The lowest BCUT2D eigenvalue weighted by molar-refractivity contribution is -0.126. The number of piperidine rings is 1. The van der Waals surface area contributed by atoms with Gasteiger partial charge in [0.15, 0.2) is 10.7 Å². The average Bonchev–Trinajstić information content (AvgIpc) is 3.48. The lowest BCUT2D eigenvalue weighted by Gasteiger charge is -2.31. The molecule has 2 aliphatic rings. The molecule has 1 N–H and O–H groups in total. The predicted octanol–water partition coefficient (Wildman–Crippen LogP) is 3.29. The Hall–Kier alpha value is -2.56. The number of hydrogen-bond acceptors (Lipinski definition) is 6. The van der Waals surface area contributed by atoms with Gasteiger partial charge in [0.2, 0.25) is 15.9 Å². The summed E-state index contributed by atoms with van der Waals surface area (Å²) in [6.07, 6.45) is 6.06. The zero-order chi connectivity index (χ0) is 25.0. The molecular formula is C25H33FN4O4S. The summed E-state index contributed by atoms with van der Waals surface area (Å²) in [5.74, 6) is -0.565. The number of halogens is 1. The van der Waals surface area contributed by atoms with E-state index in [2.05, 4.69) is 22.3 Å². The Labute approximate surface area is 206 Å². The molecule has 2 aromatic rings. The van der Waals surface area contributed by atoms with Gasteiger partial charge in [-0.15, -0.1) is 0 Å². The topological polar surface area (TPSA) is 95.8 Å². The molecule has 2 fully saturated rings. The third-order valence-corrected chi connectivity index (χ3v) is 9.05. The second kappa shape index (κ2) is 11.0. The lowest BCUT2D eigenvalue weighted by Crippen LogP contribution is -2.46. The molecule has 8 nitrogen and oxygen atoms in total. The fourth-order valence-corrected chi connectivity index (χ4v) is 6.69. The minimum Gasteiger partial charge on any atom is -0.355 e. The third-order valence-electron chi connectivity index (χ3n) is 6.99. The monoisotopic (exact) mass is 504 g/mol. The van der Waals surface area contributed by atoms with Crippen LogP contribution in [0.5, 0.6) is 0 Å². The molecule has 1 atom stereocenters. The lowest BCUT2D eigenvalue weighted by atomic mass is 9.97. The van der Waals surface area contributed by atoms with E-state index >= 15 is 0 Å². The molecule has 0 aliphatic carbocycles. The molecule has 10 heteroatoms. The van der Waals surface area contributed by atoms with Gasteiger partial charge in [0.25, 0.3) is 0 Å². The van der Waals surface area contributed by atoms with Crippen LogP contribution >= 0.6 is 0 Å². The zero-order valence-corrected chi connectivity index (χ0v) is 21.1. The maximum absolute atomic E-state index is 13.9. The summed E-state index contributed by atoms with van der Waals surface area (Å²) in [5, 5.41) is 6.92. The number of nitrogens with zero attached hydrogens (tertiary/aromatic N) is 3. The normalized spacial score (nSPS) is 20.6. The first kappa shape index (κ1) is 25.5. The highest BCUT2D eigenvalue weighted by molar-refractivity contribution is 7.89. The molecule has 0 saturated carbocycles. The Balaban J connectivity index is 1.39. The van der Waals surface area contributed by atoms with Gasteiger partial charge in [-0.05, 0) is 63.9 Å². The van der Waals surface area contributed by atoms with Crippen LogP contribution in [-0.2, 0) is 14.8 Å². The molecule has 35 heavy (non-hydrogen) atoms. The number of nitrogens with one attached hydrogen (secondary N) is 1.